The molecule has 4 rings (SSSR count). The van der Waals surface area contributed by atoms with Gasteiger partial charge < -0.3 is 14.2 Å². The molecule has 1 aromatic carbocycles. The Labute approximate surface area is 146 Å². The molecule has 0 bridgehead atoms. The summed E-state index contributed by atoms with van der Waals surface area (Å²) in [4.78, 5) is 21.2. The number of hydrogen-bond donors (Lipinski definition) is 0. The second-order valence-electron chi connectivity index (χ2n) is 6.62. The van der Waals surface area contributed by atoms with Crippen LogP contribution < -0.4 is 4.74 Å². The Bertz CT molecular complexity index is 731. The molecule has 0 spiro atoms. The highest BCUT2D eigenvalue weighted by Crippen LogP contribution is 2.38. The third kappa shape index (κ3) is 3.66. The second kappa shape index (κ2) is 6.84. The van der Waals surface area contributed by atoms with Gasteiger partial charge in [-0.2, -0.15) is 4.98 Å². The Balaban J connectivity index is 1.30. The smallest absolute Gasteiger partial charge is 0.253 e. The summed E-state index contributed by atoms with van der Waals surface area (Å²) in [6.07, 6.45) is 2.34. The first-order chi connectivity index (χ1) is 12.2. The van der Waals surface area contributed by atoms with E-state index >= 15 is 0 Å². The van der Waals surface area contributed by atoms with Gasteiger partial charge in [-0.3, -0.25) is 9.69 Å². The Morgan fingerprint density at radius 2 is 1.92 bits per heavy atom. The molecule has 132 valence electrons. The molecule has 2 aliphatic rings. The average molecular weight is 342 g/mol. The number of hydrogen-bond acceptors (Lipinski definition) is 6. The summed E-state index contributed by atoms with van der Waals surface area (Å²) in [5.41, 5.74) is 0.695. The molecule has 7 heteroatoms. The second-order valence-corrected chi connectivity index (χ2v) is 6.62. The largest absolute Gasteiger partial charge is 0.497 e. The van der Waals surface area contributed by atoms with Crippen LogP contribution in [-0.4, -0.2) is 59.1 Å². The van der Waals surface area contributed by atoms with E-state index < -0.39 is 0 Å². The molecular weight excluding hydrogens is 320 g/mol. The minimum Gasteiger partial charge on any atom is -0.497 e. The van der Waals surface area contributed by atoms with Gasteiger partial charge in [0.05, 0.1) is 13.7 Å². The fraction of sp³-hybridized carbons (Fsp3) is 0.500. The minimum atomic E-state index is 0.0658. The number of amides is 1. The summed E-state index contributed by atoms with van der Waals surface area (Å²) in [5.74, 6) is 2.86. The molecule has 1 aromatic heterocycles. The lowest BCUT2D eigenvalue weighted by molar-refractivity contribution is 0.0615. The molecule has 7 nitrogen and oxygen atoms in total. The summed E-state index contributed by atoms with van der Waals surface area (Å²) in [5, 5.41) is 4.05. The number of methoxy groups -OCH3 is 1. The zero-order valence-electron chi connectivity index (χ0n) is 14.4. The molecule has 2 aromatic rings. The Hall–Kier alpha value is -2.41. The van der Waals surface area contributed by atoms with Crippen LogP contribution in [0.4, 0.5) is 0 Å². The van der Waals surface area contributed by atoms with Crippen LogP contribution in [0.2, 0.25) is 0 Å². The standard InChI is InChI=1S/C18H22N4O3/c1-24-15-6-4-14(5-7-15)18(23)22-10-8-21(9-11-22)12-16-19-17(20-25-16)13-2-3-13/h4-7,13H,2-3,8-12H2,1H3. The van der Waals surface area contributed by atoms with Crippen molar-refractivity contribution < 1.29 is 14.1 Å². The van der Waals surface area contributed by atoms with Gasteiger partial charge in [-0.15, -0.1) is 0 Å². The molecule has 0 radical (unpaired) electrons. The van der Waals surface area contributed by atoms with E-state index in [-0.39, 0.29) is 5.91 Å². The van der Waals surface area contributed by atoms with E-state index in [1.165, 1.54) is 12.8 Å². The van der Waals surface area contributed by atoms with E-state index in [1.54, 1.807) is 7.11 Å². The van der Waals surface area contributed by atoms with E-state index in [1.807, 2.05) is 29.2 Å². The molecule has 2 heterocycles. The van der Waals surface area contributed by atoms with Crippen molar-refractivity contribution in [1.29, 1.82) is 0 Å². The Kier molecular flexibility index (Phi) is 4.40. The Morgan fingerprint density at radius 1 is 1.20 bits per heavy atom. The molecule has 1 amide bonds. The molecule has 0 N–H and O–H groups in total. The molecule has 25 heavy (non-hydrogen) atoms. The van der Waals surface area contributed by atoms with Gasteiger partial charge in [0.25, 0.3) is 5.91 Å². The highest BCUT2D eigenvalue weighted by Gasteiger charge is 2.29. The molecule has 1 saturated heterocycles. The summed E-state index contributed by atoms with van der Waals surface area (Å²) < 4.78 is 10.5. The normalized spacial score (nSPS) is 18.4. The third-order valence-corrected chi connectivity index (χ3v) is 4.78. The lowest BCUT2D eigenvalue weighted by atomic mass is 10.1. The maximum Gasteiger partial charge on any atom is 0.253 e. The number of ether oxygens (including phenoxy) is 1. The van der Waals surface area contributed by atoms with Gasteiger partial charge >= 0.3 is 0 Å². The first-order valence-electron chi connectivity index (χ1n) is 8.71. The number of carbonyl (C=O) groups excluding carboxylic acids is 1. The van der Waals surface area contributed by atoms with E-state index in [9.17, 15) is 4.79 Å². The lowest BCUT2D eigenvalue weighted by Crippen LogP contribution is -2.48. The van der Waals surface area contributed by atoms with Crippen LogP contribution in [0, 0.1) is 0 Å². The quantitative estimate of drug-likeness (QED) is 0.827. The molecule has 0 atom stereocenters. The highest BCUT2D eigenvalue weighted by atomic mass is 16.5. The van der Waals surface area contributed by atoms with E-state index in [0.717, 1.165) is 24.7 Å². The van der Waals surface area contributed by atoms with Crippen molar-refractivity contribution in [2.75, 3.05) is 33.3 Å². The molecule has 2 fully saturated rings. The van der Waals surface area contributed by atoms with Crippen LogP contribution in [0.3, 0.4) is 0 Å². The Morgan fingerprint density at radius 3 is 2.56 bits per heavy atom. The van der Waals surface area contributed by atoms with E-state index in [2.05, 4.69) is 15.0 Å². The molecule has 1 saturated carbocycles. The van der Waals surface area contributed by atoms with E-state index in [0.29, 0.717) is 37.0 Å². The number of carbonyl (C=O) groups is 1. The van der Waals surface area contributed by atoms with Crippen molar-refractivity contribution in [3.05, 3.63) is 41.5 Å². The fourth-order valence-corrected chi connectivity index (χ4v) is 3.06. The monoisotopic (exact) mass is 342 g/mol. The van der Waals surface area contributed by atoms with Gasteiger partial charge in [-0.05, 0) is 37.1 Å². The van der Waals surface area contributed by atoms with Crippen molar-refractivity contribution in [2.24, 2.45) is 0 Å². The van der Waals surface area contributed by atoms with Gasteiger partial charge in [0.1, 0.15) is 5.75 Å². The number of rotatable bonds is 5. The molecule has 1 aliphatic carbocycles. The zero-order chi connectivity index (χ0) is 17.2. The van der Waals surface area contributed by atoms with Crippen molar-refractivity contribution >= 4 is 5.91 Å². The SMILES string of the molecule is COc1ccc(C(=O)N2CCN(Cc3nc(C4CC4)no3)CC2)cc1. The summed E-state index contributed by atoms with van der Waals surface area (Å²) in [6, 6.07) is 7.25. The predicted molar refractivity (Wildman–Crippen MR) is 90.4 cm³/mol. The van der Waals surface area contributed by atoms with Crippen LogP contribution in [-0.2, 0) is 6.54 Å². The zero-order valence-corrected chi connectivity index (χ0v) is 14.4. The first-order valence-corrected chi connectivity index (χ1v) is 8.71. The average Bonchev–Trinajstić information content (AvgIpc) is 3.41. The number of aromatic nitrogens is 2. The van der Waals surface area contributed by atoms with Crippen molar-refractivity contribution in [2.45, 2.75) is 25.3 Å². The van der Waals surface area contributed by atoms with Crippen molar-refractivity contribution in [3.8, 4) is 5.75 Å². The lowest BCUT2D eigenvalue weighted by Gasteiger charge is -2.34. The minimum absolute atomic E-state index is 0.0658. The van der Waals surface area contributed by atoms with Crippen LogP contribution in [0.1, 0.15) is 40.8 Å². The fourth-order valence-electron chi connectivity index (χ4n) is 3.06. The summed E-state index contributed by atoms with van der Waals surface area (Å²) in [7, 11) is 1.62. The maximum absolute atomic E-state index is 12.6. The number of benzene rings is 1. The van der Waals surface area contributed by atoms with E-state index in [4.69, 9.17) is 9.26 Å². The summed E-state index contributed by atoms with van der Waals surface area (Å²) in [6.45, 7) is 3.68. The van der Waals surface area contributed by atoms with Gasteiger partial charge in [0.15, 0.2) is 5.82 Å². The molecule has 0 unspecified atom stereocenters. The van der Waals surface area contributed by atoms with Gasteiger partial charge in [0, 0.05) is 37.7 Å². The van der Waals surface area contributed by atoms with Gasteiger partial charge in [0.2, 0.25) is 5.89 Å². The van der Waals surface area contributed by atoms with Crippen LogP contribution >= 0.6 is 0 Å². The maximum atomic E-state index is 12.6. The summed E-state index contributed by atoms with van der Waals surface area (Å²) >= 11 is 0. The highest BCUT2D eigenvalue weighted by molar-refractivity contribution is 5.94. The van der Waals surface area contributed by atoms with Crippen LogP contribution in [0.5, 0.6) is 5.75 Å². The van der Waals surface area contributed by atoms with Gasteiger partial charge in [-0.1, -0.05) is 5.16 Å². The first kappa shape index (κ1) is 16.1. The van der Waals surface area contributed by atoms with Crippen LogP contribution in [0.25, 0.3) is 0 Å². The van der Waals surface area contributed by atoms with Crippen molar-refractivity contribution in [3.63, 3.8) is 0 Å². The van der Waals surface area contributed by atoms with Gasteiger partial charge in [-0.25, -0.2) is 0 Å². The third-order valence-electron chi connectivity index (χ3n) is 4.78. The number of piperazine rings is 1. The molecule has 1 aliphatic heterocycles. The molecular formula is C18H22N4O3. The van der Waals surface area contributed by atoms with Crippen LogP contribution in [0.15, 0.2) is 28.8 Å². The van der Waals surface area contributed by atoms with Crippen molar-refractivity contribution in [1.82, 2.24) is 19.9 Å². The topological polar surface area (TPSA) is 71.7 Å². The number of nitrogens with zero attached hydrogens (tertiary/aromatic N) is 4. The predicted octanol–water partition coefficient (Wildman–Crippen LogP) is 1.91.